The summed E-state index contributed by atoms with van der Waals surface area (Å²) < 4.78 is 0. The Bertz CT molecular complexity index is 947. The van der Waals surface area contributed by atoms with Gasteiger partial charge in [0.15, 0.2) is 0 Å². The Labute approximate surface area is 159 Å². The first-order chi connectivity index (χ1) is 13.2. The summed E-state index contributed by atoms with van der Waals surface area (Å²) in [5.74, 6) is 0.475. The average molecular weight is 360 g/mol. The van der Waals surface area contributed by atoms with Crippen LogP contribution in [0.15, 0.2) is 61.3 Å². The Morgan fingerprint density at radius 2 is 2.19 bits per heavy atom. The maximum atomic E-state index is 11.9. The first kappa shape index (κ1) is 17.3. The number of anilines is 1. The lowest BCUT2D eigenvalue weighted by molar-refractivity contribution is -0.127. The van der Waals surface area contributed by atoms with Crippen molar-refractivity contribution >= 4 is 22.6 Å². The van der Waals surface area contributed by atoms with Gasteiger partial charge >= 0.3 is 0 Å². The second-order valence-electron chi connectivity index (χ2n) is 7.05. The van der Waals surface area contributed by atoms with Gasteiger partial charge in [-0.15, -0.1) is 0 Å². The first-order valence-electron chi connectivity index (χ1n) is 9.43. The van der Waals surface area contributed by atoms with Crippen molar-refractivity contribution in [3.63, 3.8) is 0 Å². The predicted molar refractivity (Wildman–Crippen MR) is 110 cm³/mol. The average Bonchev–Trinajstić information content (AvgIpc) is 3.17. The van der Waals surface area contributed by atoms with Gasteiger partial charge < -0.3 is 15.2 Å². The van der Waals surface area contributed by atoms with Gasteiger partial charge in [0.2, 0.25) is 5.91 Å². The largest absolute Gasteiger partial charge is 0.384 e. The Morgan fingerprint density at radius 3 is 3.00 bits per heavy atom. The van der Waals surface area contributed by atoms with Gasteiger partial charge in [-0.2, -0.15) is 0 Å². The number of rotatable bonds is 5. The number of fused-ring (bicyclic) bond motifs is 1. The number of aromatic nitrogens is 2. The van der Waals surface area contributed by atoms with E-state index in [9.17, 15) is 4.79 Å². The van der Waals surface area contributed by atoms with E-state index in [4.69, 9.17) is 0 Å². The minimum atomic E-state index is 0.0316. The Morgan fingerprint density at radius 1 is 1.33 bits per heavy atom. The van der Waals surface area contributed by atoms with Crippen molar-refractivity contribution in [2.24, 2.45) is 5.92 Å². The summed E-state index contributed by atoms with van der Waals surface area (Å²) in [6, 6.07) is 14.4. The molecule has 1 aliphatic rings. The zero-order chi connectivity index (χ0) is 18.6. The van der Waals surface area contributed by atoms with E-state index in [1.54, 1.807) is 0 Å². The molecule has 138 valence electrons. The number of carbonyl (C=O) groups is 1. The summed E-state index contributed by atoms with van der Waals surface area (Å²) in [6.45, 7) is 6.06. The summed E-state index contributed by atoms with van der Waals surface area (Å²) in [6.07, 6.45) is 5.40. The van der Waals surface area contributed by atoms with E-state index < -0.39 is 0 Å². The number of aromatic amines is 1. The van der Waals surface area contributed by atoms with E-state index in [2.05, 4.69) is 40.1 Å². The first-order valence-corrected chi connectivity index (χ1v) is 9.43. The van der Waals surface area contributed by atoms with Crippen LogP contribution in [0.3, 0.4) is 0 Å². The number of likely N-dealkylation sites (tertiary alicyclic amines) is 1. The molecule has 0 radical (unpaired) electrons. The molecule has 2 N–H and O–H groups in total. The third-order valence-corrected chi connectivity index (χ3v) is 5.20. The zero-order valence-corrected chi connectivity index (χ0v) is 15.3. The van der Waals surface area contributed by atoms with Gasteiger partial charge in [0.1, 0.15) is 5.65 Å². The molecule has 3 aromatic rings. The highest BCUT2D eigenvalue weighted by molar-refractivity contribution is 5.93. The molecule has 5 nitrogen and oxygen atoms in total. The topological polar surface area (TPSA) is 61.0 Å². The Kier molecular flexibility index (Phi) is 4.92. The molecule has 4 rings (SSSR count). The van der Waals surface area contributed by atoms with Crippen molar-refractivity contribution in [1.82, 2.24) is 14.9 Å². The van der Waals surface area contributed by atoms with Gasteiger partial charge in [-0.05, 0) is 42.5 Å². The van der Waals surface area contributed by atoms with E-state index in [0.717, 1.165) is 60.5 Å². The third-order valence-electron chi connectivity index (χ3n) is 5.20. The lowest BCUT2D eigenvalue weighted by Gasteiger charge is -2.32. The number of pyridine rings is 1. The summed E-state index contributed by atoms with van der Waals surface area (Å²) >= 11 is 0. The van der Waals surface area contributed by atoms with Gasteiger partial charge in [0.05, 0.1) is 0 Å². The normalized spacial score (nSPS) is 17.0. The van der Waals surface area contributed by atoms with Crippen molar-refractivity contribution in [2.45, 2.75) is 12.8 Å². The molecule has 2 aromatic heterocycles. The highest BCUT2D eigenvalue weighted by Crippen LogP contribution is 2.28. The molecule has 0 saturated carbocycles. The van der Waals surface area contributed by atoms with E-state index >= 15 is 0 Å². The highest BCUT2D eigenvalue weighted by Gasteiger charge is 2.22. The molecule has 0 unspecified atom stereocenters. The van der Waals surface area contributed by atoms with Gasteiger partial charge in [0, 0.05) is 42.6 Å². The van der Waals surface area contributed by atoms with Crippen LogP contribution in [0, 0.1) is 5.92 Å². The van der Waals surface area contributed by atoms with Crippen LogP contribution in [0.25, 0.3) is 22.3 Å². The van der Waals surface area contributed by atoms with Crippen LogP contribution in [-0.2, 0) is 4.79 Å². The summed E-state index contributed by atoms with van der Waals surface area (Å²) in [7, 11) is 0. The van der Waals surface area contributed by atoms with E-state index in [0.29, 0.717) is 5.92 Å². The maximum absolute atomic E-state index is 11.9. The number of amides is 1. The summed E-state index contributed by atoms with van der Waals surface area (Å²) in [5, 5.41) is 4.66. The summed E-state index contributed by atoms with van der Waals surface area (Å²) in [4.78, 5) is 21.6. The fourth-order valence-corrected chi connectivity index (χ4v) is 3.77. The molecule has 3 heterocycles. The fourth-order valence-electron chi connectivity index (χ4n) is 3.77. The molecule has 0 aliphatic carbocycles. The molecule has 1 aromatic carbocycles. The molecule has 0 spiro atoms. The molecule has 1 amide bonds. The van der Waals surface area contributed by atoms with Crippen LogP contribution < -0.4 is 5.32 Å². The maximum Gasteiger partial charge on any atom is 0.245 e. The van der Waals surface area contributed by atoms with Crippen LogP contribution in [-0.4, -0.2) is 40.4 Å². The monoisotopic (exact) mass is 360 g/mol. The molecular formula is C22H24N4O. The molecular weight excluding hydrogens is 336 g/mol. The van der Waals surface area contributed by atoms with Gasteiger partial charge in [-0.3, -0.25) is 4.79 Å². The second kappa shape index (κ2) is 7.66. The van der Waals surface area contributed by atoms with Gasteiger partial charge in [-0.1, -0.05) is 36.9 Å². The Hall–Kier alpha value is -3.08. The van der Waals surface area contributed by atoms with Crippen molar-refractivity contribution in [3.05, 3.63) is 61.3 Å². The van der Waals surface area contributed by atoms with Crippen LogP contribution in [0.4, 0.5) is 5.69 Å². The lowest BCUT2D eigenvalue weighted by Crippen LogP contribution is -2.41. The minimum absolute atomic E-state index is 0.0316. The molecule has 1 atom stereocenters. The number of piperidine rings is 1. The smallest absolute Gasteiger partial charge is 0.245 e. The van der Waals surface area contributed by atoms with Crippen molar-refractivity contribution < 1.29 is 4.79 Å². The van der Waals surface area contributed by atoms with Gasteiger partial charge in [-0.25, -0.2) is 4.98 Å². The quantitative estimate of drug-likeness (QED) is 0.675. The molecule has 1 saturated heterocycles. The Balaban J connectivity index is 1.50. The van der Waals surface area contributed by atoms with E-state index in [1.165, 1.54) is 6.08 Å². The molecule has 1 aliphatic heterocycles. The molecule has 0 bridgehead atoms. The molecule has 27 heavy (non-hydrogen) atoms. The van der Waals surface area contributed by atoms with Crippen LogP contribution in [0.2, 0.25) is 0 Å². The number of benzene rings is 1. The van der Waals surface area contributed by atoms with Crippen LogP contribution in [0.1, 0.15) is 12.8 Å². The third kappa shape index (κ3) is 3.72. The van der Waals surface area contributed by atoms with Crippen molar-refractivity contribution in [3.8, 4) is 11.3 Å². The number of nitrogens with zero attached hydrogens (tertiary/aromatic N) is 2. The van der Waals surface area contributed by atoms with E-state index in [1.807, 2.05) is 35.4 Å². The van der Waals surface area contributed by atoms with Gasteiger partial charge in [0.25, 0.3) is 0 Å². The summed E-state index contributed by atoms with van der Waals surface area (Å²) in [5.41, 5.74) is 4.16. The number of H-pyrrole nitrogens is 1. The van der Waals surface area contributed by atoms with E-state index in [-0.39, 0.29) is 5.91 Å². The molecule has 5 heteroatoms. The minimum Gasteiger partial charge on any atom is -0.384 e. The number of hydrogen-bond donors (Lipinski definition) is 2. The van der Waals surface area contributed by atoms with Crippen molar-refractivity contribution in [2.75, 3.05) is 25.0 Å². The van der Waals surface area contributed by atoms with Crippen LogP contribution in [0.5, 0.6) is 0 Å². The highest BCUT2D eigenvalue weighted by atomic mass is 16.2. The molecule has 1 fully saturated rings. The van der Waals surface area contributed by atoms with Crippen LogP contribution >= 0.6 is 0 Å². The zero-order valence-electron chi connectivity index (χ0n) is 15.3. The lowest BCUT2D eigenvalue weighted by atomic mass is 9.97. The standard InChI is InChI=1S/C22H24N4O/c1-2-21(27)26-12-6-7-16(15-26)14-24-19-10-11-23-22-18(19)13-20(25-22)17-8-4-3-5-9-17/h2-5,8-11,13,16H,1,6-7,12,14-15H2,(H2,23,24,25)/t16-/m1/s1. The number of hydrogen-bond acceptors (Lipinski definition) is 3. The fraction of sp³-hybridized carbons (Fsp3) is 0.273. The van der Waals surface area contributed by atoms with Crippen molar-refractivity contribution in [1.29, 1.82) is 0 Å². The second-order valence-corrected chi connectivity index (χ2v) is 7.05. The number of carbonyl (C=O) groups excluding carboxylic acids is 1. The number of nitrogens with one attached hydrogen (secondary N) is 2. The predicted octanol–water partition coefficient (Wildman–Crippen LogP) is 4.07. The SMILES string of the molecule is C=CC(=O)N1CCC[C@H](CNc2ccnc3[nH]c(-c4ccccc4)cc23)C1.